The molecule has 0 saturated carbocycles. The van der Waals surface area contributed by atoms with Gasteiger partial charge < -0.3 is 14.6 Å². The Morgan fingerprint density at radius 3 is 2.20 bits per heavy atom. The number of hydrogen-bond acceptors (Lipinski definition) is 5. The molecule has 0 saturated heterocycles. The second-order valence-corrected chi connectivity index (χ2v) is 5.54. The van der Waals surface area contributed by atoms with E-state index in [1.54, 1.807) is 19.2 Å². The topological polar surface area (TPSA) is 94.5 Å². The Hall–Kier alpha value is -3.22. The molecule has 7 heteroatoms. The number of rotatable bonds is 6. The summed E-state index contributed by atoms with van der Waals surface area (Å²) in [7, 11) is 1.62. The largest absolute Gasteiger partial charge is 0.453 e. The van der Waals surface area contributed by atoms with Gasteiger partial charge in [-0.25, -0.2) is 4.79 Å². The van der Waals surface area contributed by atoms with Crippen LogP contribution in [0.4, 0.5) is 5.69 Å². The summed E-state index contributed by atoms with van der Waals surface area (Å²) < 4.78 is 6.50. The predicted molar refractivity (Wildman–Crippen MR) is 90.8 cm³/mol. The highest BCUT2D eigenvalue weighted by atomic mass is 16.5. The molecule has 1 amide bonds. The number of anilines is 1. The highest BCUT2D eigenvalue weighted by Gasteiger charge is 2.17. The number of aryl methyl sites for hydroxylation is 1. The van der Waals surface area contributed by atoms with E-state index < -0.39 is 12.6 Å². The summed E-state index contributed by atoms with van der Waals surface area (Å²) in [4.78, 5) is 46.4. The van der Waals surface area contributed by atoms with E-state index in [4.69, 9.17) is 4.74 Å². The lowest BCUT2D eigenvalue weighted by Gasteiger charge is -2.06. The lowest BCUT2D eigenvalue weighted by atomic mass is 10.1. The van der Waals surface area contributed by atoms with Crippen LogP contribution in [-0.2, 0) is 16.6 Å². The molecular formula is C18H18N2O5. The molecule has 1 aromatic carbocycles. The third kappa shape index (κ3) is 4.63. The lowest BCUT2D eigenvalue weighted by molar-refractivity contribution is -0.114. The highest BCUT2D eigenvalue weighted by Crippen LogP contribution is 2.12. The first-order valence-electron chi connectivity index (χ1n) is 7.53. The molecule has 0 aliphatic carbocycles. The van der Waals surface area contributed by atoms with Crippen molar-refractivity contribution in [1.29, 1.82) is 0 Å². The third-order valence-corrected chi connectivity index (χ3v) is 3.48. The molecule has 0 bridgehead atoms. The van der Waals surface area contributed by atoms with Gasteiger partial charge in [0.05, 0.1) is 0 Å². The first kappa shape index (κ1) is 18.1. The molecule has 0 aliphatic heterocycles. The van der Waals surface area contributed by atoms with Crippen molar-refractivity contribution in [3.8, 4) is 0 Å². The number of hydrogen-bond donors (Lipinski definition) is 1. The van der Waals surface area contributed by atoms with E-state index in [0.717, 1.165) is 0 Å². The molecular weight excluding hydrogens is 324 g/mol. The Morgan fingerprint density at radius 1 is 1.04 bits per heavy atom. The van der Waals surface area contributed by atoms with Crippen LogP contribution in [0.3, 0.4) is 0 Å². The fourth-order valence-corrected chi connectivity index (χ4v) is 2.19. The van der Waals surface area contributed by atoms with Gasteiger partial charge in [0.2, 0.25) is 5.91 Å². The van der Waals surface area contributed by atoms with E-state index >= 15 is 0 Å². The SMILES string of the molecule is CC(=O)Nc1ccc(C(=O)COC(=O)c2cc(C(C)=O)cn2C)cc1. The Bertz CT molecular complexity index is 834. The zero-order chi connectivity index (χ0) is 18.6. The maximum Gasteiger partial charge on any atom is 0.355 e. The van der Waals surface area contributed by atoms with Gasteiger partial charge in [-0.3, -0.25) is 14.4 Å². The van der Waals surface area contributed by atoms with Crippen LogP contribution in [0.25, 0.3) is 0 Å². The summed E-state index contributed by atoms with van der Waals surface area (Å²) in [5.74, 6) is -1.42. The molecule has 2 rings (SSSR count). The van der Waals surface area contributed by atoms with Crippen LogP contribution >= 0.6 is 0 Å². The number of ether oxygens (including phenoxy) is 1. The van der Waals surface area contributed by atoms with Gasteiger partial charge in [0, 0.05) is 37.0 Å². The van der Waals surface area contributed by atoms with Crippen molar-refractivity contribution in [3.05, 3.63) is 53.3 Å². The van der Waals surface area contributed by atoms with Gasteiger partial charge in [-0.05, 0) is 37.3 Å². The summed E-state index contributed by atoms with van der Waals surface area (Å²) in [6, 6.07) is 7.69. The number of Topliss-reactive ketones (excluding diaryl/α,β-unsaturated/α-hetero) is 2. The van der Waals surface area contributed by atoms with Crippen LogP contribution < -0.4 is 5.32 Å². The Labute approximate surface area is 144 Å². The quantitative estimate of drug-likeness (QED) is 0.642. The van der Waals surface area contributed by atoms with E-state index in [-0.39, 0.29) is 23.2 Å². The van der Waals surface area contributed by atoms with Crippen LogP contribution in [0.15, 0.2) is 36.5 Å². The van der Waals surface area contributed by atoms with Gasteiger partial charge in [0.1, 0.15) is 5.69 Å². The third-order valence-electron chi connectivity index (χ3n) is 3.48. The van der Waals surface area contributed by atoms with Gasteiger partial charge in [-0.1, -0.05) is 0 Å². The summed E-state index contributed by atoms with van der Waals surface area (Å²) >= 11 is 0. The van der Waals surface area contributed by atoms with Crippen molar-refractivity contribution in [3.63, 3.8) is 0 Å². The van der Waals surface area contributed by atoms with Crippen LogP contribution in [0.1, 0.15) is 45.1 Å². The van der Waals surface area contributed by atoms with E-state index in [1.807, 2.05) is 0 Å². The maximum absolute atomic E-state index is 12.1. The second-order valence-electron chi connectivity index (χ2n) is 5.54. The van der Waals surface area contributed by atoms with Gasteiger partial charge >= 0.3 is 5.97 Å². The maximum atomic E-state index is 12.1. The molecule has 1 heterocycles. The van der Waals surface area contributed by atoms with Gasteiger partial charge in [0.15, 0.2) is 18.2 Å². The van der Waals surface area contributed by atoms with Crippen molar-refractivity contribution >= 4 is 29.1 Å². The van der Waals surface area contributed by atoms with E-state index in [2.05, 4.69) is 5.32 Å². The normalized spacial score (nSPS) is 10.2. The number of nitrogens with zero attached hydrogens (tertiary/aromatic N) is 1. The number of esters is 1. The average molecular weight is 342 g/mol. The van der Waals surface area contributed by atoms with Gasteiger partial charge in [-0.15, -0.1) is 0 Å². The molecule has 0 aliphatic rings. The monoisotopic (exact) mass is 342 g/mol. The van der Waals surface area contributed by atoms with E-state index in [0.29, 0.717) is 16.8 Å². The fourth-order valence-electron chi connectivity index (χ4n) is 2.19. The molecule has 7 nitrogen and oxygen atoms in total. The lowest BCUT2D eigenvalue weighted by Crippen LogP contribution is -2.16. The van der Waals surface area contributed by atoms with Crippen molar-refractivity contribution in [2.45, 2.75) is 13.8 Å². The number of amides is 1. The van der Waals surface area contributed by atoms with Gasteiger partial charge in [0.25, 0.3) is 0 Å². The molecule has 1 aromatic heterocycles. The first-order valence-corrected chi connectivity index (χ1v) is 7.53. The minimum atomic E-state index is -0.682. The average Bonchev–Trinajstić information content (AvgIpc) is 2.94. The molecule has 0 unspecified atom stereocenters. The fraction of sp³-hybridized carbons (Fsp3) is 0.222. The number of aromatic nitrogens is 1. The number of carbonyl (C=O) groups excluding carboxylic acids is 4. The number of nitrogens with one attached hydrogen (secondary N) is 1. The molecule has 1 N–H and O–H groups in total. The molecule has 0 spiro atoms. The van der Waals surface area contributed by atoms with Gasteiger partial charge in [-0.2, -0.15) is 0 Å². The smallest absolute Gasteiger partial charge is 0.355 e. The molecule has 0 atom stereocenters. The van der Waals surface area contributed by atoms with Crippen LogP contribution in [0.5, 0.6) is 0 Å². The minimum absolute atomic E-state index is 0.162. The van der Waals surface area contributed by atoms with E-state index in [1.165, 1.54) is 42.8 Å². The molecule has 0 fully saturated rings. The standard InChI is InChI=1S/C18H18N2O5/c1-11(21)14-8-16(20(3)9-14)18(24)25-10-17(23)13-4-6-15(7-5-13)19-12(2)22/h4-9H,10H2,1-3H3,(H,19,22). The molecule has 130 valence electrons. The Kier molecular flexibility index (Phi) is 5.49. The zero-order valence-electron chi connectivity index (χ0n) is 14.2. The van der Waals surface area contributed by atoms with Crippen LogP contribution in [-0.4, -0.2) is 34.6 Å². The number of benzene rings is 1. The molecule has 2 aromatic rings. The van der Waals surface area contributed by atoms with Crippen molar-refractivity contribution in [1.82, 2.24) is 4.57 Å². The second kappa shape index (κ2) is 7.57. The van der Waals surface area contributed by atoms with Crippen LogP contribution in [0.2, 0.25) is 0 Å². The van der Waals surface area contributed by atoms with Crippen molar-refractivity contribution < 1.29 is 23.9 Å². The first-order chi connectivity index (χ1) is 11.8. The summed E-state index contributed by atoms with van der Waals surface area (Å²) in [6.45, 7) is 2.37. The summed E-state index contributed by atoms with van der Waals surface area (Å²) in [5.41, 5.74) is 1.52. The number of carbonyl (C=O) groups is 4. The minimum Gasteiger partial charge on any atom is -0.453 e. The molecule has 0 radical (unpaired) electrons. The van der Waals surface area contributed by atoms with Crippen molar-refractivity contribution in [2.75, 3.05) is 11.9 Å². The van der Waals surface area contributed by atoms with Crippen LogP contribution in [0, 0.1) is 0 Å². The summed E-state index contributed by atoms with van der Waals surface area (Å²) in [6.07, 6.45) is 1.53. The Balaban J connectivity index is 1.98. The predicted octanol–water partition coefficient (Wildman–Crippen LogP) is 2.23. The van der Waals surface area contributed by atoms with E-state index in [9.17, 15) is 19.2 Å². The molecule has 25 heavy (non-hydrogen) atoms. The highest BCUT2D eigenvalue weighted by molar-refractivity contribution is 6.01. The number of ketones is 2. The zero-order valence-corrected chi connectivity index (χ0v) is 14.2. The summed E-state index contributed by atoms with van der Waals surface area (Å²) in [5, 5.41) is 2.59. The van der Waals surface area contributed by atoms with Crippen molar-refractivity contribution in [2.24, 2.45) is 7.05 Å². The Morgan fingerprint density at radius 2 is 1.68 bits per heavy atom.